The monoisotopic (exact) mass is 2070 g/mol. The third-order valence-corrected chi connectivity index (χ3v) is 24.2. The van der Waals surface area contributed by atoms with Crippen LogP contribution in [-0.4, -0.2) is 361 Å². The first-order valence-corrected chi connectivity index (χ1v) is 49.2. The van der Waals surface area contributed by atoms with Crippen LogP contribution in [0, 0.1) is 17.8 Å². The largest absolute Gasteiger partial charge is 0.508 e. The number of carbonyl (C=O) groups excluding carboxylic acids is 19. The van der Waals surface area contributed by atoms with Crippen molar-refractivity contribution in [2.45, 2.75) is 218 Å². The summed E-state index contributed by atoms with van der Waals surface area (Å²) in [5.41, 5.74) is 23.6. The van der Waals surface area contributed by atoms with E-state index in [1.54, 1.807) is 104 Å². The van der Waals surface area contributed by atoms with Crippen molar-refractivity contribution < 1.29 is 126 Å². The van der Waals surface area contributed by atoms with Crippen molar-refractivity contribution in [2.75, 3.05) is 109 Å². The van der Waals surface area contributed by atoms with Crippen LogP contribution in [0.3, 0.4) is 0 Å². The number of para-hydroxylation sites is 1. The number of phenols is 1. The molecule has 54 heteroatoms. The molecule has 4 aromatic rings. The Morgan fingerprint density at radius 3 is 1.52 bits per heavy atom. The van der Waals surface area contributed by atoms with Gasteiger partial charge in [-0.05, 0) is 124 Å². The summed E-state index contributed by atoms with van der Waals surface area (Å²) in [7, 11) is 0. The van der Waals surface area contributed by atoms with Gasteiger partial charge >= 0.3 is 23.9 Å². The maximum atomic E-state index is 14.7. The van der Waals surface area contributed by atoms with E-state index in [9.17, 15) is 126 Å². The number of imidazole rings is 1. The van der Waals surface area contributed by atoms with Crippen molar-refractivity contribution in [2.24, 2.45) is 40.7 Å². The maximum Gasteiger partial charge on any atom is 0.319 e. The zero-order valence-corrected chi connectivity index (χ0v) is 83.7. The lowest BCUT2D eigenvalue weighted by atomic mass is 10.0. The molecular weight excluding hydrogens is 1930 g/mol. The van der Waals surface area contributed by atoms with Gasteiger partial charge < -0.3 is 138 Å². The molecule has 0 spiro atoms. The number of aromatic amines is 1. The third kappa shape index (κ3) is 43.1. The number of hydrogen-bond acceptors (Lipinski definition) is 29. The number of nitrogens with one attached hydrogen (secondary N) is 17. The maximum absolute atomic E-state index is 14.7. The Morgan fingerprint density at radius 2 is 1.00 bits per heavy atom. The van der Waals surface area contributed by atoms with E-state index in [0.29, 0.717) is 27.9 Å². The summed E-state index contributed by atoms with van der Waals surface area (Å²) in [5, 5.41) is 81.2. The summed E-state index contributed by atoms with van der Waals surface area (Å²) in [6, 6.07) is -5.65. The minimum Gasteiger partial charge on any atom is -0.508 e. The number of amides is 20. The Morgan fingerprint density at radius 1 is 0.500 bits per heavy atom. The minimum absolute atomic E-state index is 0.0126. The summed E-state index contributed by atoms with van der Waals surface area (Å²) in [4.78, 5) is 308. The molecule has 2 aromatic carbocycles. The molecule has 2 aliphatic heterocycles. The molecule has 804 valence electrons. The second-order valence-electron chi connectivity index (χ2n) is 36.7. The molecule has 29 N–H and O–H groups in total. The van der Waals surface area contributed by atoms with E-state index in [1.165, 1.54) is 49.4 Å². The van der Waals surface area contributed by atoms with Gasteiger partial charge in [0.1, 0.15) is 78.3 Å². The number of carboxylic acids is 3. The number of urea groups is 1. The highest BCUT2D eigenvalue weighted by atomic mass is 32.2. The van der Waals surface area contributed by atoms with Gasteiger partial charge in [-0.2, -0.15) is 11.8 Å². The van der Waals surface area contributed by atoms with Crippen LogP contribution in [0.1, 0.15) is 137 Å². The number of nitrogens with two attached hydrogens (primary N) is 4. The number of phenolic OH excluding ortho intramolecular Hbond substituents is 1. The molecule has 0 radical (unpaired) electrons. The van der Waals surface area contributed by atoms with Gasteiger partial charge in [0, 0.05) is 126 Å². The molecule has 2 fully saturated rings. The van der Waals surface area contributed by atoms with Crippen molar-refractivity contribution in [1.82, 2.24) is 114 Å². The molecule has 0 saturated carbocycles. The molecule has 12 atom stereocenters. The lowest BCUT2D eigenvalue weighted by Gasteiger charge is -2.33. The Kier molecular flexibility index (Phi) is 50.0. The Labute approximate surface area is 845 Å². The summed E-state index contributed by atoms with van der Waals surface area (Å²) < 4.78 is 1.57. The zero-order chi connectivity index (χ0) is 108. The number of primary amides is 4. The van der Waals surface area contributed by atoms with Gasteiger partial charge in [0.2, 0.25) is 106 Å². The molecule has 12 unspecified atom stereocenters. The van der Waals surface area contributed by atoms with Crippen molar-refractivity contribution in [3.05, 3.63) is 78.5 Å². The predicted molar refractivity (Wildman–Crippen MR) is 527 cm³/mol. The average molecular weight is 2070 g/mol. The fraction of sp³-hybridized carbons (Fsp3) is 0.576. The van der Waals surface area contributed by atoms with Crippen LogP contribution in [0.5, 0.6) is 5.75 Å². The van der Waals surface area contributed by atoms with Crippen molar-refractivity contribution in [1.29, 1.82) is 0 Å². The Balaban J connectivity index is 1.14. The first kappa shape index (κ1) is 120. The second-order valence-corrected chi connectivity index (χ2v) is 37.7. The van der Waals surface area contributed by atoms with E-state index in [2.05, 4.69) is 95.0 Å². The molecular formula is C92H139N27O26S. The second kappa shape index (κ2) is 60.8. The molecule has 0 aliphatic carbocycles. The molecule has 4 heterocycles. The number of benzene rings is 2. The molecule has 20 amide bonds. The molecule has 6 rings (SSSR count). The van der Waals surface area contributed by atoms with Crippen LogP contribution >= 0.6 is 11.8 Å². The van der Waals surface area contributed by atoms with Crippen LogP contribution in [0.25, 0.3) is 10.9 Å². The van der Waals surface area contributed by atoms with Gasteiger partial charge in [-0.15, -0.1) is 0 Å². The highest BCUT2D eigenvalue weighted by Gasteiger charge is 2.39. The standard InChI is InChI=1S/C92H139N27O26S/c1-50(2)37-63(111-83(136)59(108-85(138)61(17-21-69(93)121)109-84(137)60-19-23-72(124)104-60)14-11-12-26-98-92(145)103-56-16-20-68(120)55(38-56)44-115-28-30-116(46-75(127)128)32-34-118(48-77(131)132)35-33-117(31-29-115)47-76(129)130)82(135)99-42-73(125)106-65(40-71(95)123)87(140)110-62(18-22-70(94)122)86(139)112-66(45-119-27-24-54-13-9-10-15-67(54)119)89(142)102-53(7)81(134)113-78(51(3)4)90(143)100-43-74(126)105-64(39-57-41-97-49-101-57)88(141)114-79(52(5)6)91(144)107-58(80(96)133)25-36-146-8/h9-10,13,15-16,20,24,27,38,41,49-53,58-66,78-79,120H,11-12,14,17-19,21-23,25-26,28-37,39-40,42-48H2,1-8H3,(H2,93,121)(H2,94,122)(H2,95,123)(H2,96,133)(H,97,101)(H,99,135)(H,100,143)(H,102,142)(H,104,124)(H,105,126)(H,106,125)(H,107,144)(H,108,138)(H,109,137)(H,110,140)(H,111,136)(H,112,139)(H,113,134)(H,114,141)(H,127,128)(H,129,130)(H,131,132)(H2,98,103,145). The smallest absolute Gasteiger partial charge is 0.319 e. The van der Waals surface area contributed by atoms with Gasteiger partial charge in [-0.1, -0.05) is 59.7 Å². The number of anilines is 1. The van der Waals surface area contributed by atoms with Crippen LogP contribution in [0.4, 0.5) is 10.5 Å². The topological polar surface area (TPSA) is 800 Å². The van der Waals surface area contributed by atoms with Crippen LogP contribution in [0.2, 0.25) is 0 Å². The summed E-state index contributed by atoms with van der Waals surface area (Å²) in [5.74, 6) is -21.7. The van der Waals surface area contributed by atoms with Gasteiger partial charge in [-0.25, -0.2) is 9.78 Å². The fourth-order valence-electron chi connectivity index (χ4n) is 15.7. The van der Waals surface area contributed by atoms with Gasteiger partial charge in [0.15, 0.2) is 0 Å². The zero-order valence-electron chi connectivity index (χ0n) is 82.9. The normalized spacial score (nSPS) is 16.1. The molecule has 2 aliphatic rings. The number of unbranched alkanes of at least 4 members (excludes halogenated alkanes) is 1. The van der Waals surface area contributed by atoms with Gasteiger partial charge in [-0.3, -0.25) is 120 Å². The first-order chi connectivity index (χ1) is 69.0. The number of fused-ring (bicyclic) bond motifs is 1. The van der Waals surface area contributed by atoms with E-state index in [1.807, 2.05) is 4.90 Å². The van der Waals surface area contributed by atoms with Gasteiger partial charge in [0.05, 0.1) is 52.0 Å². The highest BCUT2D eigenvalue weighted by molar-refractivity contribution is 7.98. The minimum atomic E-state index is -1.96. The Bertz CT molecular complexity index is 5190. The van der Waals surface area contributed by atoms with Crippen LogP contribution in [-0.2, 0) is 120 Å². The number of carbonyl (C=O) groups is 22. The molecule has 0 bridgehead atoms. The average Bonchev–Trinajstić information content (AvgIpc) is 1.67. The number of H-pyrrole nitrogens is 1. The SMILES string of the molecule is CSCCC(NC(=O)C(NC(=O)C(Cc1cnc[nH]1)NC(=O)CNC(=O)C(NC(=O)C(C)NC(=O)C(Cn1ccc2ccccc21)NC(=O)C(CCC(N)=O)NC(=O)C(CC(N)=O)NC(=O)CNC(=O)C(CC(C)C)NC(=O)C(CCCCNC(=O)Nc1ccc(O)c(CN2CCN(CC(=O)O)CCN(CC(=O)O)CCN(CC(=O)O)CC2)c1)NC(=O)C(CCC(N)=O)NC(=O)C1CCC(=O)N1)C(C)C)C(C)C)C(N)=O. The number of rotatable bonds is 60. The van der Waals surface area contributed by atoms with Crippen molar-refractivity contribution in [3.8, 4) is 5.75 Å². The molecule has 2 saturated heterocycles. The summed E-state index contributed by atoms with van der Waals surface area (Å²) in [6.45, 7) is 9.17. The number of hydrogen-bond donors (Lipinski definition) is 25. The fourth-order valence-corrected chi connectivity index (χ4v) is 16.1. The van der Waals surface area contributed by atoms with E-state index >= 15 is 0 Å². The van der Waals surface area contributed by atoms with E-state index in [4.69, 9.17) is 22.9 Å². The van der Waals surface area contributed by atoms with E-state index < -0.39 is 266 Å². The third-order valence-electron chi connectivity index (χ3n) is 23.6. The number of aromatic nitrogens is 3. The molecule has 146 heavy (non-hydrogen) atoms. The van der Waals surface area contributed by atoms with Crippen molar-refractivity contribution >= 4 is 159 Å². The number of carboxylic acid groups (broad SMARTS) is 3. The van der Waals surface area contributed by atoms with Crippen LogP contribution in [0.15, 0.2) is 67.3 Å². The van der Waals surface area contributed by atoms with Crippen LogP contribution < -0.4 is 108 Å². The quantitative estimate of drug-likeness (QED) is 0.0144. The first-order valence-electron chi connectivity index (χ1n) is 47.8. The number of thioether (sulfide) groups is 1. The summed E-state index contributed by atoms with van der Waals surface area (Å²) in [6.07, 6.45) is 2.94. The van der Waals surface area contributed by atoms with Crippen molar-refractivity contribution in [3.63, 3.8) is 0 Å². The van der Waals surface area contributed by atoms with E-state index in [0.717, 1.165) is 0 Å². The number of aromatic hydroxyl groups is 1. The van der Waals surface area contributed by atoms with E-state index in [-0.39, 0.29) is 154 Å². The lowest BCUT2D eigenvalue weighted by molar-refractivity contribution is -0.140. The predicted octanol–water partition coefficient (Wildman–Crippen LogP) is -6.85. The highest BCUT2D eigenvalue weighted by Crippen LogP contribution is 2.25. The molecule has 2 aromatic heterocycles. The lowest BCUT2D eigenvalue weighted by Crippen LogP contribution is -2.60. The molecule has 53 nitrogen and oxygen atoms in total. The van der Waals surface area contributed by atoms with Gasteiger partial charge in [0.25, 0.3) is 0 Å². The summed E-state index contributed by atoms with van der Waals surface area (Å²) >= 11 is 1.42. The number of nitrogens with zero attached hydrogens (tertiary/aromatic N) is 6. The Hall–Kier alpha value is -14.7. The number of aliphatic carboxylic acids is 3.